The summed E-state index contributed by atoms with van der Waals surface area (Å²) in [4.78, 5) is 4.84. The van der Waals surface area contributed by atoms with Crippen LogP contribution in [0.2, 0.25) is 0 Å². The molecule has 0 aromatic rings. The number of nitrogens with zero attached hydrogens (tertiary/aromatic N) is 2. The highest BCUT2D eigenvalue weighted by Gasteiger charge is 2.34. The first-order valence-corrected chi connectivity index (χ1v) is 7.38. The van der Waals surface area contributed by atoms with E-state index < -0.39 is 5.60 Å². The van der Waals surface area contributed by atoms with Crippen LogP contribution in [-0.2, 0) is 9.47 Å². The minimum atomic E-state index is -0.632. The van der Waals surface area contributed by atoms with Crippen molar-refractivity contribution in [3.05, 3.63) is 0 Å². The molecule has 2 unspecified atom stereocenters. The molecule has 2 fully saturated rings. The van der Waals surface area contributed by atoms with Crippen molar-refractivity contribution >= 4 is 0 Å². The molecule has 2 aliphatic rings. The zero-order chi connectivity index (χ0) is 13.7. The third-order valence-electron chi connectivity index (χ3n) is 4.25. The van der Waals surface area contributed by atoms with Crippen LogP contribution in [0.15, 0.2) is 0 Å². The van der Waals surface area contributed by atoms with Gasteiger partial charge in [-0.3, -0.25) is 9.80 Å². The highest BCUT2D eigenvalue weighted by Crippen LogP contribution is 2.21. The first kappa shape index (κ1) is 15.2. The maximum atomic E-state index is 10.5. The van der Waals surface area contributed by atoms with Gasteiger partial charge >= 0.3 is 0 Å². The standard InChI is InChI=1S/C14H28N2O3/c1-13-10-15(5-6-16(13)7-9-18-2)11-14(17)4-3-8-19-12-14/h13,17H,3-12H2,1-2H3. The quantitative estimate of drug-likeness (QED) is 0.773. The van der Waals surface area contributed by atoms with Crippen LogP contribution in [-0.4, -0.2) is 86.2 Å². The van der Waals surface area contributed by atoms with E-state index in [9.17, 15) is 5.11 Å². The number of ether oxygens (including phenoxy) is 2. The lowest BCUT2D eigenvalue weighted by molar-refractivity contribution is -0.106. The molecule has 112 valence electrons. The van der Waals surface area contributed by atoms with E-state index in [1.807, 2.05) is 0 Å². The second kappa shape index (κ2) is 6.99. The number of hydrogen-bond acceptors (Lipinski definition) is 5. The maximum Gasteiger partial charge on any atom is 0.101 e. The second-order valence-corrected chi connectivity index (χ2v) is 5.99. The first-order chi connectivity index (χ1) is 9.13. The van der Waals surface area contributed by atoms with Gasteiger partial charge in [0.05, 0.1) is 13.2 Å². The molecule has 1 N–H and O–H groups in total. The zero-order valence-corrected chi connectivity index (χ0v) is 12.3. The van der Waals surface area contributed by atoms with Crippen LogP contribution in [0.4, 0.5) is 0 Å². The van der Waals surface area contributed by atoms with Crippen molar-refractivity contribution in [2.24, 2.45) is 0 Å². The fourth-order valence-corrected chi connectivity index (χ4v) is 3.13. The Labute approximate surface area is 116 Å². The number of β-amino-alcohol motifs (C(OH)–C–C–N with tert-alkyl or cyclic N) is 1. The lowest BCUT2D eigenvalue weighted by Gasteiger charge is -2.43. The van der Waals surface area contributed by atoms with Crippen molar-refractivity contribution in [3.63, 3.8) is 0 Å². The molecule has 5 heteroatoms. The Morgan fingerprint density at radius 3 is 2.89 bits per heavy atom. The molecule has 0 amide bonds. The number of aliphatic hydroxyl groups is 1. The van der Waals surface area contributed by atoms with E-state index in [4.69, 9.17) is 9.47 Å². The molecule has 2 aliphatic heterocycles. The molecular formula is C14H28N2O3. The molecule has 0 spiro atoms. The first-order valence-electron chi connectivity index (χ1n) is 7.38. The van der Waals surface area contributed by atoms with E-state index in [1.54, 1.807) is 7.11 Å². The third kappa shape index (κ3) is 4.39. The summed E-state index contributed by atoms with van der Waals surface area (Å²) in [5.41, 5.74) is -0.632. The summed E-state index contributed by atoms with van der Waals surface area (Å²) in [6, 6.07) is 0.525. The van der Waals surface area contributed by atoms with E-state index in [1.165, 1.54) is 0 Å². The number of methoxy groups -OCH3 is 1. The van der Waals surface area contributed by atoms with Gasteiger partial charge in [0, 0.05) is 52.5 Å². The average molecular weight is 272 g/mol. The van der Waals surface area contributed by atoms with Crippen LogP contribution in [0.3, 0.4) is 0 Å². The SMILES string of the molecule is COCCN1CCN(CC2(O)CCCOC2)CC1C. The van der Waals surface area contributed by atoms with Gasteiger partial charge in [-0.15, -0.1) is 0 Å². The Morgan fingerprint density at radius 2 is 2.26 bits per heavy atom. The van der Waals surface area contributed by atoms with Gasteiger partial charge in [-0.2, -0.15) is 0 Å². The minimum absolute atomic E-state index is 0.491. The number of hydrogen-bond donors (Lipinski definition) is 1. The van der Waals surface area contributed by atoms with Crippen LogP contribution in [0.5, 0.6) is 0 Å². The Hall–Kier alpha value is -0.200. The van der Waals surface area contributed by atoms with Gasteiger partial charge in [-0.1, -0.05) is 0 Å². The topological polar surface area (TPSA) is 45.2 Å². The van der Waals surface area contributed by atoms with E-state index in [-0.39, 0.29) is 0 Å². The Bertz CT molecular complexity index is 269. The minimum Gasteiger partial charge on any atom is -0.386 e. The van der Waals surface area contributed by atoms with E-state index in [0.29, 0.717) is 12.6 Å². The highest BCUT2D eigenvalue weighted by molar-refractivity contribution is 4.88. The molecule has 19 heavy (non-hydrogen) atoms. The van der Waals surface area contributed by atoms with Crippen molar-refractivity contribution in [1.82, 2.24) is 9.80 Å². The largest absolute Gasteiger partial charge is 0.386 e. The molecule has 2 atom stereocenters. The smallest absolute Gasteiger partial charge is 0.101 e. The predicted octanol–water partition coefficient (Wildman–Crippen LogP) is 0.180. The number of piperazine rings is 1. The molecule has 0 aliphatic carbocycles. The van der Waals surface area contributed by atoms with Gasteiger partial charge in [0.1, 0.15) is 5.60 Å². The van der Waals surface area contributed by atoms with Crippen molar-refractivity contribution in [1.29, 1.82) is 0 Å². The summed E-state index contributed by atoms with van der Waals surface area (Å²) in [6.45, 7) is 9.18. The van der Waals surface area contributed by atoms with Gasteiger partial charge in [0.2, 0.25) is 0 Å². The summed E-state index contributed by atoms with van der Waals surface area (Å²) in [7, 11) is 1.75. The summed E-state index contributed by atoms with van der Waals surface area (Å²) >= 11 is 0. The van der Waals surface area contributed by atoms with Crippen molar-refractivity contribution in [3.8, 4) is 0 Å². The van der Waals surface area contributed by atoms with Crippen molar-refractivity contribution in [2.75, 3.05) is 59.7 Å². The van der Waals surface area contributed by atoms with E-state index in [0.717, 1.165) is 58.8 Å². The lowest BCUT2D eigenvalue weighted by Crippen LogP contribution is -2.57. The van der Waals surface area contributed by atoms with Crippen LogP contribution in [0.25, 0.3) is 0 Å². The molecule has 2 saturated heterocycles. The Kier molecular flexibility index (Phi) is 5.59. The van der Waals surface area contributed by atoms with Crippen LogP contribution < -0.4 is 0 Å². The molecule has 2 heterocycles. The summed E-state index contributed by atoms with van der Waals surface area (Å²) in [5.74, 6) is 0. The Morgan fingerprint density at radius 1 is 1.42 bits per heavy atom. The zero-order valence-electron chi connectivity index (χ0n) is 12.3. The molecule has 0 bridgehead atoms. The average Bonchev–Trinajstić information content (AvgIpc) is 2.38. The van der Waals surface area contributed by atoms with Gasteiger partial charge in [0.15, 0.2) is 0 Å². The molecule has 0 aromatic heterocycles. The number of rotatable bonds is 5. The molecule has 2 rings (SSSR count). The lowest BCUT2D eigenvalue weighted by atomic mass is 9.95. The third-order valence-corrected chi connectivity index (χ3v) is 4.25. The molecular weight excluding hydrogens is 244 g/mol. The van der Waals surface area contributed by atoms with E-state index >= 15 is 0 Å². The summed E-state index contributed by atoms with van der Waals surface area (Å²) in [5, 5.41) is 10.5. The van der Waals surface area contributed by atoms with Gasteiger partial charge in [-0.05, 0) is 19.8 Å². The van der Waals surface area contributed by atoms with Crippen molar-refractivity contribution in [2.45, 2.75) is 31.4 Å². The summed E-state index contributed by atoms with van der Waals surface area (Å²) in [6.07, 6.45) is 1.84. The molecule has 0 aromatic carbocycles. The van der Waals surface area contributed by atoms with Gasteiger partial charge in [-0.25, -0.2) is 0 Å². The van der Waals surface area contributed by atoms with Gasteiger partial charge in [0.25, 0.3) is 0 Å². The van der Waals surface area contributed by atoms with Crippen molar-refractivity contribution < 1.29 is 14.6 Å². The van der Waals surface area contributed by atoms with Crippen LogP contribution in [0.1, 0.15) is 19.8 Å². The fourth-order valence-electron chi connectivity index (χ4n) is 3.13. The normalized spacial score (nSPS) is 34.6. The van der Waals surface area contributed by atoms with Gasteiger partial charge < -0.3 is 14.6 Å². The highest BCUT2D eigenvalue weighted by atomic mass is 16.5. The monoisotopic (exact) mass is 272 g/mol. The molecule has 0 saturated carbocycles. The van der Waals surface area contributed by atoms with Crippen LogP contribution in [0, 0.1) is 0 Å². The summed E-state index contributed by atoms with van der Waals surface area (Å²) < 4.78 is 10.6. The molecule has 5 nitrogen and oxygen atoms in total. The predicted molar refractivity (Wildman–Crippen MR) is 74.4 cm³/mol. The fraction of sp³-hybridized carbons (Fsp3) is 1.00. The molecule has 0 radical (unpaired) electrons. The Balaban J connectivity index is 1.77. The van der Waals surface area contributed by atoms with E-state index in [2.05, 4.69) is 16.7 Å². The maximum absolute atomic E-state index is 10.5. The second-order valence-electron chi connectivity index (χ2n) is 5.99. The van der Waals surface area contributed by atoms with Crippen LogP contribution >= 0.6 is 0 Å².